The van der Waals surface area contributed by atoms with Crippen molar-refractivity contribution in [2.24, 2.45) is 0 Å². The molecule has 0 bridgehead atoms. The van der Waals surface area contributed by atoms with Gasteiger partial charge in [-0.3, -0.25) is 10.4 Å². The van der Waals surface area contributed by atoms with Crippen LogP contribution < -0.4 is 26.2 Å². The Balaban J connectivity index is 1.83. The lowest BCUT2D eigenvalue weighted by atomic mass is 10.1. The smallest absolute Gasteiger partial charge is 0.333 e. The van der Waals surface area contributed by atoms with Crippen LogP contribution in [-0.4, -0.2) is 50.2 Å². The standard InChI is InChI=1S/C21H24ClFN6O2/c1-29(2)9-8-25-28-21(30)27-19-11-14-17(6-7-24-18(14)12-20(19)31-3)26-13-4-5-16(23)15(22)10-13/h4-7,10-12,25H,8-9H2,1-3H3,(H,24,26)(H2,27,28,30). The summed E-state index contributed by atoms with van der Waals surface area (Å²) in [5, 5.41) is 6.74. The number of halogens is 2. The van der Waals surface area contributed by atoms with Crippen LogP contribution >= 0.6 is 11.6 Å². The zero-order chi connectivity index (χ0) is 22.4. The van der Waals surface area contributed by atoms with Crippen molar-refractivity contribution < 1.29 is 13.9 Å². The van der Waals surface area contributed by atoms with E-state index in [-0.39, 0.29) is 5.02 Å². The van der Waals surface area contributed by atoms with E-state index in [1.54, 1.807) is 30.5 Å². The molecular formula is C21H24ClFN6O2. The Kier molecular flexibility index (Phi) is 7.45. The number of anilines is 3. The van der Waals surface area contributed by atoms with E-state index in [0.717, 1.165) is 11.9 Å². The summed E-state index contributed by atoms with van der Waals surface area (Å²) in [4.78, 5) is 18.6. The number of aromatic nitrogens is 1. The molecule has 0 aliphatic rings. The molecule has 0 saturated heterocycles. The molecule has 1 aromatic heterocycles. The SMILES string of the molecule is COc1cc2nccc(Nc3ccc(F)c(Cl)c3)c2cc1NC(=O)NNCCN(C)C. The molecule has 10 heteroatoms. The minimum Gasteiger partial charge on any atom is -0.494 e. The predicted octanol–water partition coefficient (Wildman–Crippen LogP) is 3.97. The van der Waals surface area contributed by atoms with E-state index in [2.05, 4.69) is 26.5 Å². The second-order valence-corrected chi connectivity index (χ2v) is 7.40. The Morgan fingerprint density at radius 3 is 2.71 bits per heavy atom. The third-order valence-corrected chi connectivity index (χ3v) is 4.69. The number of likely N-dealkylation sites (N-methyl/N-ethyl adjacent to an activating group) is 1. The van der Waals surface area contributed by atoms with Crippen molar-refractivity contribution in [3.63, 3.8) is 0 Å². The lowest BCUT2D eigenvalue weighted by Crippen LogP contribution is -2.43. The molecule has 2 amide bonds. The zero-order valence-electron chi connectivity index (χ0n) is 17.4. The van der Waals surface area contributed by atoms with E-state index in [1.807, 2.05) is 19.0 Å². The Labute approximate surface area is 184 Å². The highest BCUT2D eigenvalue weighted by atomic mass is 35.5. The van der Waals surface area contributed by atoms with Gasteiger partial charge in [0.25, 0.3) is 0 Å². The largest absolute Gasteiger partial charge is 0.494 e. The maximum atomic E-state index is 13.5. The first-order chi connectivity index (χ1) is 14.9. The van der Waals surface area contributed by atoms with Crippen LogP contribution in [0.1, 0.15) is 0 Å². The quantitative estimate of drug-likeness (QED) is 0.309. The maximum absolute atomic E-state index is 13.5. The number of hydrogen-bond donors (Lipinski definition) is 4. The Hall–Kier alpha value is -3.14. The molecule has 0 spiro atoms. The van der Waals surface area contributed by atoms with Gasteiger partial charge in [-0.1, -0.05) is 11.6 Å². The van der Waals surface area contributed by atoms with Crippen LogP contribution in [0.15, 0.2) is 42.6 Å². The fraction of sp³-hybridized carbons (Fsp3) is 0.238. The number of methoxy groups -OCH3 is 1. The minimum atomic E-state index is -0.492. The first-order valence-corrected chi connectivity index (χ1v) is 9.88. The summed E-state index contributed by atoms with van der Waals surface area (Å²) in [6.07, 6.45) is 1.64. The molecule has 0 unspecified atom stereocenters. The van der Waals surface area contributed by atoms with Gasteiger partial charge in [0, 0.05) is 42.1 Å². The van der Waals surface area contributed by atoms with Gasteiger partial charge in [-0.25, -0.2) is 14.6 Å². The molecule has 3 rings (SSSR count). The number of nitrogens with zero attached hydrogens (tertiary/aromatic N) is 2. The first-order valence-electron chi connectivity index (χ1n) is 9.51. The molecule has 0 aliphatic heterocycles. The van der Waals surface area contributed by atoms with Crippen LogP contribution in [0, 0.1) is 5.82 Å². The first kappa shape index (κ1) is 22.5. The normalized spacial score (nSPS) is 10.9. The highest BCUT2D eigenvalue weighted by molar-refractivity contribution is 6.31. The van der Waals surface area contributed by atoms with E-state index in [9.17, 15) is 9.18 Å². The number of benzene rings is 2. The van der Waals surface area contributed by atoms with Gasteiger partial charge in [0.05, 0.1) is 23.3 Å². The topological polar surface area (TPSA) is 90.5 Å². The number of hydrazine groups is 1. The van der Waals surface area contributed by atoms with E-state index >= 15 is 0 Å². The number of pyridine rings is 1. The molecule has 2 aromatic carbocycles. The van der Waals surface area contributed by atoms with Gasteiger partial charge in [0.2, 0.25) is 0 Å². The number of rotatable bonds is 8. The third-order valence-electron chi connectivity index (χ3n) is 4.40. The summed E-state index contributed by atoms with van der Waals surface area (Å²) in [5.74, 6) is -0.0290. The van der Waals surface area contributed by atoms with Crippen LogP contribution in [0.2, 0.25) is 5.02 Å². The Morgan fingerprint density at radius 1 is 1.19 bits per heavy atom. The van der Waals surface area contributed by atoms with Crippen molar-refractivity contribution >= 4 is 45.6 Å². The van der Waals surface area contributed by atoms with Gasteiger partial charge in [-0.15, -0.1) is 0 Å². The van der Waals surface area contributed by atoms with Crippen molar-refractivity contribution in [3.8, 4) is 5.75 Å². The van der Waals surface area contributed by atoms with Crippen molar-refractivity contribution in [2.45, 2.75) is 0 Å². The minimum absolute atomic E-state index is 0.0193. The number of carbonyl (C=O) groups excluding carboxylic acids is 1. The lowest BCUT2D eigenvalue weighted by molar-refractivity contribution is 0.247. The average Bonchev–Trinajstić information content (AvgIpc) is 2.73. The van der Waals surface area contributed by atoms with Gasteiger partial charge in [0.1, 0.15) is 11.6 Å². The van der Waals surface area contributed by atoms with Gasteiger partial charge in [-0.05, 0) is 44.4 Å². The van der Waals surface area contributed by atoms with E-state index < -0.39 is 11.8 Å². The molecule has 1 heterocycles. The summed E-state index contributed by atoms with van der Waals surface area (Å²) in [7, 11) is 5.41. The molecule has 164 valence electrons. The highest BCUT2D eigenvalue weighted by Gasteiger charge is 2.13. The fourth-order valence-corrected chi connectivity index (χ4v) is 3.03. The number of hydrogen-bond acceptors (Lipinski definition) is 6. The third kappa shape index (κ3) is 5.94. The maximum Gasteiger partial charge on any atom is 0.333 e. The molecule has 3 aromatic rings. The lowest BCUT2D eigenvalue weighted by Gasteiger charge is -2.15. The van der Waals surface area contributed by atoms with Gasteiger partial charge >= 0.3 is 6.03 Å². The van der Waals surface area contributed by atoms with Crippen molar-refractivity contribution in [1.29, 1.82) is 0 Å². The zero-order valence-corrected chi connectivity index (χ0v) is 18.2. The molecule has 0 fully saturated rings. The number of carbonyl (C=O) groups is 1. The number of urea groups is 1. The van der Waals surface area contributed by atoms with E-state index in [0.29, 0.717) is 34.9 Å². The van der Waals surface area contributed by atoms with Crippen LogP contribution in [-0.2, 0) is 0 Å². The highest BCUT2D eigenvalue weighted by Crippen LogP contribution is 2.34. The van der Waals surface area contributed by atoms with Crippen molar-refractivity contribution in [1.82, 2.24) is 20.7 Å². The summed E-state index contributed by atoms with van der Waals surface area (Å²) in [5.41, 5.74) is 7.89. The van der Waals surface area contributed by atoms with Gasteiger partial charge in [-0.2, -0.15) is 0 Å². The molecule has 0 radical (unpaired) electrons. The summed E-state index contributed by atoms with van der Waals surface area (Å²) < 4.78 is 18.9. The van der Waals surface area contributed by atoms with Crippen LogP contribution in [0.4, 0.5) is 26.2 Å². The van der Waals surface area contributed by atoms with Crippen LogP contribution in [0.25, 0.3) is 10.9 Å². The molecule has 0 atom stereocenters. The molecule has 0 aliphatic carbocycles. The van der Waals surface area contributed by atoms with Gasteiger partial charge < -0.3 is 20.3 Å². The summed E-state index contributed by atoms with van der Waals surface area (Å²) in [6.45, 7) is 1.36. The van der Waals surface area contributed by atoms with E-state index in [4.69, 9.17) is 16.3 Å². The number of ether oxygens (including phenoxy) is 1. The number of fused-ring (bicyclic) bond motifs is 1. The molecule has 4 N–H and O–H groups in total. The van der Waals surface area contributed by atoms with Crippen molar-refractivity contribution in [2.75, 3.05) is 44.9 Å². The Morgan fingerprint density at radius 2 is 2.00 bits per heavy atom. The Bertz CT molecular complexity index is 1080. The van der Waals surface area contributed by atoms with Gasteiger partial charge in [0.15, 0.2) is 0 Å². The summed E-state index contributed by atoms with van der Waals surface area (Å²) >= 11 is 5.88. The molecule has 0 saturated carbocycles. The number of nitrogens with one attached hydrogen (secondary N) is 4. The summed E-state index contributed by atoms with van der Waals surface area (Å²) in [6, 6.07) is 9.21. The molecule has 31 heavy (non-hydrogen) atoms. The average molecular weight is 447 g/mol. The van der Waals surface area contributed by atoms with Crippen LogP contribution in [0.3, 0.4) is 0 Å². The second kappa shape index (κ2) is 10.3. The van der Waals surface area contributed by atoms with Crippen LogP contribution in [0.5, 0.6) is 5.75 Å². The fourth-order valence-electron chi connectivity index (χ4n) is 2.85. The second-order valence-electron chi connectivity index (χ2n) is 6.99. The monoisotopic (exact) mass is 446 g/mol. The molecular weight excluding hydrogens is 423 g/mol. The number of amides is 2. The van der Waals surface area contributed by atoms with E-state index in [1.165, 1.54) is 19.2 Å². The van der Waals surface area contributed by atoms with Crippen molar-refractivity contribution in [3.05, 3.63) is 53.4 Å². The predicted molar refractivity (Wildman–Crippen MR) is 122 cm³/mol. The molecule has 8 nitrogen and oxygen atoms in total.